The number of benzene rings is 1. The highest BCUT2D eigenvalue weighted by molar-refractivity contribution is 7.18. The standard InChI is InChI=1S/C24H26N6OS/c1-15-27-20-11-12-21(29-23(20)32-15)30-24(31)26-14-6-13-25-22-16-7-2-4-9-18(16)28-19-10-5-3-8-17(19)22/h2,4,7,9,11-12H,3,5-6,8,10,13-14H2,1H3,(H,25,28)(H2,26,29,30,31). The van der Waals surface area contributed by atoms with E-state index in [1.54, 1.807) is 6.07 Å². The number of aromatic nitrogens is 3. The van der Waals surface area contributed by atoms with Gasteiger partial charge in [0.25, 0.3) is 0 Å². The summed E-state index contributed by atoms with van der Waals surface area (Å²) in [4.78, 5) is 26.8. The van der Waals surface area contributed by atoms with Gasteiger partial charge in [-0.05, 0) is 62.8 Å². The fourth-order valence-electron chi connectivity index (χ4n) is 4.23. The van der Waals surface area contributed by atoms with Crippen LogP contribution in [0.3, 0.4) is 0 Å². The maximum Gasteiger partial charge on any atom is 0.320 e. The summed E-state index contributed by atoms with van der Waals surface area (Å²) in [6.07, 6.45) is 5.37. The van der Waals surface area contributed by atoms with Gasteiger partial charge in [-0.1, -0.05) is 29.5 Å². The molecule has 0 aliphatic heterocycles. The Labute approximate surface area is 190 Å². The Morgan fingerprint density at radius 1 is 1.00 bits per heavy atom. The van der Waals surface area contributed by atoms with E-state index in [2.05, 4.69) is 44.1 Å². The second-order valence-electron chi connectivity index (χ2n) is 8.05. The lowest BCUT2D eigenvalue weighted by Gasteiger charge is -2.21. The van der Waals surface area contributed by atoms with E-state index >= 15 is 0 Å². The number of nitrogens with one attached hydrogen (secondary N) is 3. The highest BCUT2D eigenvalue weighted by Gasteiger charge is 2.17. The molecule has 3 N–H and O–H groups in total. The first-order valence-electron chi connectivity index (χ1n) is 11.1. The van der Waals surface area contributed by atoms with Crippen molar-refractivity contribution in [2.45, 2.75) is 39.0 Å². The molecular formula is C24H26N6OS. The molecule has 3 aromatic heterocycles. The summed E-state index contributed by atoms with van der Waals surface area (Å²) in [6.45, 7) is 3.31. The molecule has 5 rings (SSSR count). The Bertz CT molecular complexity index is 1280. The molecule has 1 aliphatic rings. The normalized spacial score (nSPS) is 13.2. The van der Waals surface area contributed by atoms with E-state index in [0.29, 0.717) is 12.4 Å². The second kappa shape index (κ2) is 9.08. The number of hydrogen-bond donors (Lipinski definition) is 3. The van der Waals surface area contributed by atoms with Crippen LogP contribution in [0.15, 0.2) is 36.4 Å². The van der Waals surface area contributed by atoms with Gasteiger partial charge in [0.2, 0.25) is 0 Å². The van der Waals surface area contributed by atoms with Gasteiger partial charge in [-0.3, -0.25) is 10.3 Å². The largest absolute Gasteiger partial charge is 0.384 e. The smallest absolute Gasteiger partial charge is 0.320 e. The molecular weight excluding hydrogens is 420 g/mol. The molecule has 4 aromatic rings. The maximum atomic E-state index is 12.3. The number of carbonyl (C=O) groups excluding carboxylic acids is 1. The fraction of sp³-hybridized carbons (Fsp3) is 0.333. The minimum absolute atomic E-state index is 0.246. The second-order valence-corrected chi connectivity index (χ2v) is 9.23. The third-order valence-corrected chi connectivity index (χ3v) is 6.59. The number of nitrogens with zero attached hydrogens (tertiary/aromatic N) is 3. The molecule has 0 unspecified atom stereocenters. The first-order valence-corrected chi connectivity index (χ1v) is 11.9. The predicted octanol–water partition coefficient (Wildman–Crippen LogP) is 5.05. The monoisotopic (exact) mass is 446 g/mol. The molecule has 1 aliphatic carbocycles. The van der Waals surface area contributed by atoms with Crippen molar-refractivity contribution in [2.75, 3.05) is 23.7 Å². The number of fused-ring (bicyclic) bond motifs is 3. The molecule has 0 fully saturated rings. The van der Waals surface area contributed by atoms with E-state index in [1.165, 1.54) is 46.5 Å². The van der Waals surface area contributed by atoms with Crippen LogP contribution in [0.2, 0.25) is 0 Å². The molecule has 8 heteroatoms. The lowest BCUT2D eigenvalue weighted by molar-refractivity contribution is 0.252. The summed E-state index contributed by atoms with van der Waals surface area (Å²) in [5.74, 6) is 0.534. The number of urea groups is 1. The van der Waals surface area contributed by atoms with E-state index in [4.69, 9.17) is 4.98 Å². The van der Waals surface area contributed by atoms with Crippen LogP contribution in [0.4, 0.5) is 16.3 Å². The molecule has 32 heavy (non-hydrogen) atoms. The Balaban J connectivity index is 1.16. The van der Waals surface area contributed by atoms with Gasteiger partial charge < -0.3 is 10.6 Å². The van der Waals surface area contributed by atoms with Gasteiger partial charge in [-0.15, -0.1) is 0 Å². The van der Waals surface area contributed by atoms with Gasteiger partial charge in [-0.2, -0.15) is 0 Å². The molecule has 2 amide bonds. The maximum absolute atomic E-state index is 12.3. The number of amides is 2. The summed E-state index contributed by atoms with van der Waals surface area (Å²) >= 11 is 1.52. The van der Waals surface area contributed by atoms with Crippen LogP contribution in [0.25, 0.3) is 21.3 Å². The third-order valence-electron chi connectivity index (χ3n) is 5.71. The zero-order valence-corrected chi connectivity index (χ0v) is 18.9. The van der Waals surface area contributed by atoms with Crippen molar-refractivity contribution in [1.29, 1.82) is 0 Å². The Hall–Kier alpha value is -3.26. The number of aryl methyl sites for hydroxylation is 2. The van der Waals surface area contributed by atoms with Gasteiger partial charge in [-0.25, -0.2) is 14.8 Å². The summed E-state index contributed by atoms with van der Waals surface area (Å²) in [6, 6.07) is 11.7. The van der Waals surface area contributed by atoms with E-state index in [1.807, 2.05) is 19.1 Å². The lowest BCUT2D eigenvalue weighted by Crippen LogP contribution is -2.30. The Kier molecular flexibility index (Phi) is 5.85. The number of para-hydroxylation sites is 1. The lowest BCUT2D eigenvalue weighted by atomic mass is 9.92. The molecule has 0 saturated heterocycles. The number of rotatable bonds is 6. The van der Waals surface area contributed by atoms with Crippen LogP contribution in [0.5, 0.6) is 0 Å². The predicted molar refractivity (Wildman–Crippen MR) is 131 cm³/mol. The molecule has 0 bridgehead atoms. The van der Waals surface area contributed by atoms with Gasteiger partial charge in [0.05, 0.1) is 10.5 Å². The quantitative estimate of drug-likeness (QED) is 0.361. The molecule has 0 spiro atoms. The summed E-state index contributed by atoms with van der Waals surface area (Å²) in [5, 5.41) is 11.5. The van der Waals surface area contributed by atoms with E-state index in [-0.39, 0.29) is 6.03 Å². The van der Waals surface area contributed by atoms with Crippen molar-refractivity contribution >= 4 is 50.1 Å². The van der Waals surface area contributed by atoms with Crippen molar-refractivity contribution in [3.05, 3.63) is 52.7 Å². The minimum Gasteiger partial charge on any atom is -0.384 e. The molecule has 1 aromatic carbocycles. The Morgan fingerprint density at radius 3 is 2.81 bits per heavy atom. The summed E-state index contributed by atoms with van der Waals surface area (Å²) in [5.41, 5.74) is 5.71. The number of hydrogen-bond acceptors (Lipinski definition) is 6. The molecule has 0 saturated carbocycles. The highest BCUT2D eigenvalue weighted by atomic mass is 32.1. The number of pyridine rings is 2. The average molecular weight is 447 g/mol. The number of anilines is 2. The average Bonchev–Trinajstić information content (AvgIpc) is 3.17. The fourth-order valence-corrected chi connectivity index (χ4v) is 5.02. The van der Waals surface area contributed by atoms with Crippen molar-refractivity contribution in [3.63, 3.8) is 0 Å². The molecule has 164 valence electrons. The van der Waals surface area contributed by atoms with Gasteiger partial charge in [0.1, 0.15) is 16.2 Å². The van der Waals surface area contributed by atoms with Crippen LogP contribution in [0.1, 0.15) is 35.5 Å². The molecule has 7 nitrogen and oxygen atoms in total. The van der Waals surface area contributed by atoms with Gasteiger partial charge in [0.15, 0.2) is 0 Å². The van der Waals surface area contributed by atoms with Crippen molar-refractivity contribution in [1.82, 2.24) is 20.3 Å². The Morgan fingerprint density at radius 2 is 1.88 bits per heavy atom. The van der Waals surface area contributed by atoms with Crippen LogP contribution in [-0.4, -0.2) is 34.1 Å². The SMILES string of the molecule is Cc1nc2ccc(NC(=O)NCCCNc3c4c(nc5ccccc35)CCCC4)nc2s1. The van der Waals surface area contributed by atoms with Gasteiger partial charge in [0, 0.05) is 29.9 Å². The first kappa shape index (κ1) is 20.6. The van der Waals surface area contributed by atoms with Crippen LogP contribution >= 0.6 is 11.3 Å². The van der Waals surface area contributed by atoms with Gasteiger partial charge >= 0.3 is 6.03 Å². The van der Waals surface area contributed by atoms with Crippen molar-refractivity contribution < 1.29 is 4.79 Å². The zero-order valence-electron chi connectivity index (χ0n) is 18.1. The summed E-state index contributed by atoms with van der Waals surface area (Å²) in [7, 11) is 0. The van der Waals surface area contributed by atoms with Crippen LogP contribution < -0.4 is 16.0 Å². The number of carbonyl (C=O) groups is 1. The number of thiazole rings is 1. The van der Waals surface area contributed by atoms with Crippen LogP contribution in [0, 0.1) is 6.92 Å². The highest BCUT2D eigenvalue weighted by Crippen LogP contribution is 2.33. The topological polar surface area (TPSA) is 91.8 Å². The van der Waals surface area contributed by atoms with Crippen LogP contribution in [-0.2, 0) is 12.8 Å². The molecule has 0 atom stereocenters. The molecule has 0 radical (unpaired) electrons. The first-order chi connectivity index (χ1) is 15.7. The van der Waals surface area contributed by atoms with E-state index in [9.17, 15) is 4.79 Å². The minimum atomic E-state index is -0.246. The van der Waals surface area contributed by atoms with E-state index < -0.39 is 0 Å². The van der Waals surface area contributed by atoms with Crippen molar-refractivity contribution in [3.8, 4) is 0 Å². The zero-order chi connectivity index (χ0) is 21.9. The summed E-state index contributed by atoms with van der Waals surface area (Å²) < 4.78 is 0. The third kappa shape index (κ3) is 4.36. The molecule has 3 heterocycles. The van der Waals surface area contributed by atoms with Crippen molar-refractivity contribution in [2.24, 2.45) is 0 Å². The van der Waals surface area contributed by atoms with E-state index in [0.717, 1.165) is 46.7 Å².